The zero-order valence-electron chi connectivity index (χ0n) is 15.4. The van der Waals surface area contributed by atoms with Gasteiger partial charge in [-0.2, -0.15) is 4.99 Å². The predicted molar refractivity (Wildman–Crippen MR) is 113 cm³/mol. The maximum atomic E-state index is 12.8. The number of hydrogen-bond donors (Lipinski definition) is 0. The molecular formula is C23H20N2OS. The van der Waals surface area contributed by atoms with Crippen LogP contribution < -0.4 is 4.80 Å². The average Bonchev–Trinajstić information content (AvgIpc) is 3.02. The zero-order chi connectivity index (χ0) is 19.0. The second-order valence-electron chi connectivity index (χ2n) is 6.63. The Morgan fingerprint density at radius 1 is 1.11 bits per heavy atom. The van der Waals surface area contributed by atoms with E-state index in [2.05, 4.69) is 40.4 Å². The molecule has 4 heteroatoms. The van der Waals surface area contributed by atoms with Crippen LogP contribution in [0.2, 0.25) is 0 Å². The monoisotopic (exact) mass is 372 g/mol. The molecule has 0 unspecified atom stereocenters. The highest BCUT2D eigenvalue weighted by Gasteiger charge is 2.11. The Hall–Kier alpha value is -2.98. The molecule has 1 aromatic heterocycles. The fraction of sp³-hybridized carbons (Fsp3) is 0.130. The smallest absolute Gasteiger partial charge is 0.279 e. The molecule has 0 N–H and O–H groups in total. The summed E-state index contributed by atoms with van der Waals surface area (Å²) in [5, 5.41) is 2.36. The summed E-state index contributed by atoms with van der Waals surface area (Å²) >= 11 is 1.55. The van der Waals surface area contributed by atoms with Crippen LogP contribution in [0.5, 0.6) is 0 Å². The molecule has 0 aliphatic rings. The number of rotatable bonds is 3. The summed E-state index contributed by atoms with van der Waals surface area (Å²) in [6.45, 7) is 8.52. The van der Waals surface area contributed by atoms with Crippen molar-refractivity contribution in [1.82, 2.24) is 4.57 Å². The standard InChI is InChI=1S/C23H20N2OS/c1-4-13-25-20-12-11-17-7-5-6-8-19(17)21(20)27-23(25)24-22(26)18-10-9-15(2)16(3)14-18/h4-12,14H,1,13H2,2-3H3. The van der Waals surface area contributed by atoms with E-state index in [-0.39, 0.29) is 5.91 Å². The van der Waals surface area contributed by atoms with Gasteiger partial charge in [0.2, 0.25) is 0 Å². The third-order valence-corrected chi connectivity index (χ3v) is 5.96. The number of amides is 1. The van der Waals surface area contributed by atoms with Crippen LogP contribution in [0, 0.1) is 13.8 Å². The topological polar surface area (TPSA) is 34.4 Å². The van der Waals surface area contributed by atoms with Crippen molar-refractivity contribution in [1.29, 1.82) is 0 Å². The lowest BCUT2D eigenvalue weighted by Crippen LogP contribution is -2.16. The molecule has 1 amide bonds. The fourth-order valence-electron chi connectivity index (χ4n) is 3.22. The number of carbonyl (C=O) groups excluding carboxylic acids is 1. The van der Waals surface area contributed by atoms with Gasteiger partial charge in [0.05, 0.1) is 10.2 Å². The fourth-order valence-corrected chi connectivity index (χ4v) is 4.39. The quantitative estimate of drug-likeness (QED) is 0.443. The van der Waals surface area contributed by atoms with Gasteiger partial charge in [-0.15, -0.1) is 6.58 Å². The molecule has 0 fully saturated rings. The average molecular weight is 372 g/mol. The zero-order valence-corrected chi connectivity index (χ0v) is 16.2. The number of aryl methyl sites for hydroxylation is 2. The van der Waals surface area contributed by atoms with Crippen molar-refractivity contribution >= 4 is 38.2 Å². The Kier molecular flexibility index (Phi) is 4.50. The summed E-state index contributed by atoms with van der Waals surface area (Å²) in [6, 6.07) is 18.2. The minimum Gasteiger partial charge on any atom is -0.312 e. The van der Waals surface area contributed by atoms with E-state index >= 15 is 0 Å². The normalized spacial score (nSPS) is 12.0. The van der Waals surface area contributed by atoms with Crippen molar-refractivity contribution in [2.24, 2.45) is 4.99 Å². The van der Waals surface area contributed by atoms with Gasteiger partial charge < -0.3 is 4.57 Å². The molecule has 0 aliphatic carbocycles. The molecule has 1 heterocycles. The number of carbonyl (C=O) groups is 1. The Morgan fingerprint density at radius 3 is 2.70 bits per heavy atom. The third kappa shape index (κ3) is 3.13. The second kappa shape index (κ2) is 6.97. The number of nitrogens with zero attached hydrogens (tertiary/aromatic N) is 2. The van der Waals surface area contributed by atoms with Crippen molar-refractivity contribution < 1.29 is 4.79 Å². The molecule has 4 rings (SSSR count). The van der Waals surface area contributed by atoms with Crippen LogP contribution in [-0.2, 0) is 6.54 Å². The lowest BCUT2D eigenvalue weighted by Gasteiger charge is -2.03. The van der Waals surface area contributed by atoms with Gasteiger partial charge in [0, 0.05) is 17.5 Å². The maximum absolute atomic E-state index is 12.8. The summed E-state index contributed by atoms with van der Waals surface area (Å²) in [7, 11) is 0. The molecule has 4 aromatic rings. The lowest BCUT2D eigenvalue weighted by atomic mass is 10.1. The van der Waals surface area contributed by atoms with Gasteiger partial charge in [-0.25, -0.2) is 0 Å². The van der Waals surface area contributed by atoms with E-state index in [4.69, 9.17) is 0 Å². The first-order chi connectivity index (χ1) is 13.1. The van der Waals surface area contributed by atoms with Gasteiger partial charge in [0.15, 0.2) is 4.80 Å². The molecule has 0 aliphatic heterocycles. The minimum absolute atomic E-state index is 0.216. The van der Waals surface area contributed by atoms with Crippen LogP contribution in [-0.4, -0.2) is 10.5 Å². The molecule has 0 saturated carbocycles. The van der Waals surface area contributed by atoms with Crippen LogP contribution in [0.15, 0.2) is 72.2 Å². The Labute approximate surface area is 161 Å². The van der Waals surface area contributed by atoms with E-state index in [1.165, 1.54) is 16.3 Å². The van der Waals surface area contributed by atoms with Crippen LogP contribution in [0.25, 0.3) is 21.0 Å². The highest BCUT2D eigenvalue weighted by Crippen LogP contribution is 2.27. The Balaban J connectivity index is 1.94. The molecule has 0 spiro atoms. The molecule has 0 saturated heterocycles. The van der Waals surface area contributed by atoms with E-state index < -0.39 is 0 Å². The largest absolute Gasteiger partial charge is 0.312 e. The molecule has 0 bridgehead atoms. The molecule has 3 nitrogen and oxygen atoms in total. The van der Waals surface area contributed by atoms with Crippen LogP contribution in [0.1, 0.15) is 21.5 Å². The van der Waals surface area contributed by atoms with E-state index in [0.29, 0.717) is 16.9 Å². The number of hydrogen-bond acceptors (Lipinski definition) is 2. The van der Waals surface area contributed by atoms with Gasteiger partial charge in [0.1, 0.15) is 0 Å². The van der Waals surface area contributed by atoms with Crippen LogP contribution >= 0.6 is 11.3 Å². The minimum atomic E-state index is -0.216. The Bertz CT molecular complexity index is 1260. The van der Waals surface area contributed by atoms with Crippen LogP contribution in [0.4, 0.5) is 0 Å². The van der Waals surface area contributed by atoms with E-state index in [1.54, 1.807) is 11.3 Å². The van der Waals surface area contributed by atoms with Gasteiger partial charge in [-0.05, 0) is 48.6 Å². The number of benzene rings is 3. The van der Waals surface area contributed by atoms with Gasteiger partial charge >= 0.3 is 0 Å². The summed E-state index contributed by atoms with van der Waals surface area (Å²) in [5.74, 6) is -0.216. The van der Waals surface area contributed by atoms with Crippen molar-refractivity contribution in [2.75, 3.05) is 0 Å². The number of thiazole rings is 1. The first kappa shape index (κ1) is 17.4. The van der Waals surface area contributed by atoms with E-state index in [9.17, 15) is 4.79 Å². The van der Waals surface area contributed by atoms with Crippen molar-refractivity contribution in [3.63, 3.8) is 0 Å². The highest BCUT2D eigenvalue weighted by atomic mass is 32.1. The first-order valence-electron chi connectivity index (χ1n) is 8.87. The molecular weight excluding hydrogens is 352 g/mol. The highest BCUT2D eigenvalue weighted by molar-refractivity contribution is 7.17. The summed E-state index contributed by atoms with van der Waals surface area (Å²) in [6.07, 6.45) is 1.83. The third-order valence-electron chi connectivity index (χ3n) is 4.84. The summed E-state index contributed by atoms with van der Waals surface area (Å²) < 4.78 is 3.19. The lowest BCUT2D eigenvalue weighted by molar-refractivity contribution is 0.0998. The van der Waals surface area contributed by atoms with E-state index in [0.717, 1.165) is 15.8 Å². The van der Waals surface area contributed by atoms with E-state index in [1.807, 2.05) is 50.3 Å². The second-order valence-corrected chi connectivity index (χ2v) is 7.61. The van der Waals surface area contributed by atoms with Gasteiger partial charge in [-0.3, -0.25) is 4.79 Å². The molecule has 3 aromatic carbocycles. The van der Waals surface area contributed by atoms with Gasteiger partial charge in [0.25, 0.3) is 5.91 Å². The Morgan fingerprint density at radius 2 is 1.93 bits per heavy atom. The SMILES string of the molecule is C=CCn1c(=NC(=O)c2ccc(C)c(C)c2)sc2c3ccccc3ccc21. The first-order valence-corrected chi connectivity index (χ1v) is 9.68. The van der Waals surface area contributed by atoms with Gasteiger partial charge in [-0.1, -0.05) is 53.8 Å². The van der Waals surface area contributed by atoms with Crippen molar-refractivity contribution in [3.05, 3.63) is 88.7 Å². The number of fused-ring (bicyclic) bond motifs is 3. The summed E-state index contributed by atoms with van der Waals surface area (Å²) in [4.78, 5) is 17.9. The predicted octanol–water partition coefficient (Wildman–Crippen LogP) is 5.40. The molecule has 0 atom stereocenters. The molecule has 27 heavy (non-hydrogen) atoms. The van der Waals surface area contributed by atoms with Crippen molar-refractivity contribution in [3.8, 4) is 0 Å². The summed E-state index contributed by atoms with van der Waals surface area (Å²) in [5.41, 5.74) is 3.95. The number of allylic oxidation sites excluding steroid dienone is 1. The van der Waals surface area contributed by atoms with Crippen LogP contribution in [0.3, 0.4) is 0 Å². The molecule has 0 radical (unpaired) electrons. The van der Waals surface area contributed by atoms with Crippen molar-refractivity contribution in [2.45, 2.75) is 20.4 Å². The number of aromatic nitrogens is 1. The molecule has 134 valence electrons. The maximum Gasteiger partial charge on any atom is 0.279 e.